The number of rotatable bonds is 8. The fourth-order valence-corrected chi connectivity index (χ4v) is 4.07. The van der Waals surface area contributed by atoms with Crippen molar-refractivity contribution < 1.29 is 18.0 Å². The number of carbonyl (C=O) groups excluding carboxylic acids is 1. The van der Waals surface area contributed by atoms with Gasteiger partial charge in [0.05, 0.1) is 0 Å². The van der Waals surface area contributed by atoms with E-state index >= 15 is 0 Å². The van der Waals surface area contributed by atoms with Crippen LogP contribution in [0.1, 0.15) is 33.1 Å². The van der Waals surface area contributed by atoms with Crippen LogP contribution >= 0.6 is 0 Å². The van der Waals surface area contributed by atoms with Gasteiger partial charge in [0.1, 0.15) is 0 Å². The van der Waals surface area contributed by atoms with Crippen molar-refractivity contribution in [3.63, 3.8) is 0 Å². The van der Waals surface area contributed by atoms with E-state index in [0.29, 0.717) is 6.42 Å². The third-order valence-corrected chi connectivity index (χ3v) is 4.64. The van der Waals surface area contributed by atoms with Crippen LogP contribution in [0, 0.1) is 5.41 Å². The van der Waals surface area contributed by atoms with Crippen molar-refractivity contribution in [2.24, 2.45) is 5.41 Å². The maximum atomic E-state index is 12.0. The van der Waals surface area contributed by atoms with Crippen LogP contribution in [0.25, 0.3) is 0 Å². The normalized spacial score (nSPS) is 13.1. The zero-order chi connectivity index (χ0) is 16.9. The van der Waals surface area contributed by atoms with E-state index < -0.39 is 20.2 Å². The minimum absolute atomic E-state index is 0.000304. The predicted octanol–water partition coefficient (Wildman–Crippen LogP) is 4.76. The van der Waals surface area contributed by atoms with Gasteiger partial charge in [0.15, 0.2) is 0 Å². The largest absolute Gasteiger partial charge is 0.471 e. The monoisotopic (exact) mass is 323 g/mol. The second-order valence-electron chi connectivity index (χ2n) is 7.69. The maximum Gasteiger partial charge on any atom is 0.471 e. The fraction of sp³-hybridized carbons (Fsp3) is 0.800. The van der Waals surface area contributed by atoms with Gasteiger partial charge >= 0.3 is 12.1 Å². The summed E-state index contributed by atoms with van der Waals surface area (Å²) in [5, 5.41) is 1.91. The molecule has 0 rings (SSSR count). The molecule has 0 radical (unpaired) electrons. The predicted molar refractivity (Wildman–Crippen MR) is 84.0 cm³/mol. The molecule has 2 nitrogen and oxygen atoms in total. The van der Waals surface area contributed by atoms with E-state index in [-0.39, 0.29) is 12.0 Å². The lowest BCUT2D eigenvalue weighted by atomic mass is 9.82. The smallest absolute Gasteiger partial charge is 0.348 e. The molecule has 0 aromatic carbocycles. The molecular weight excluding hydrogens is 295 g/mol. The molecular formula is C15H28F3NOSi. The van der Waals surface area contributed by atoms with E-state index in [0.717, 1.165) is 18.9 Å². The zero-order valence-corrected chi connectivity index (χ0v) is 14.8. The Hall–Kier alpha value is -0.783. The third kappa shape index (κ3) is 10.6. The molecule has 0 unspecified atom stereocenters. The molecule has 0 aliphatic heterocycles. The van der Waals surface area contributed by atoms with Gasteiger partial charge in [-0.15, -0.1) is 6.58 Å². The summed E-state index contributed by atoms with van der Waals surface area (Å²) in [6.45, 7) is 15.2. The average Bonchev–Trinajstić information content (AvgIpc) is 2.18. The van der Waals surface area contributed by atoms with Crippen LogP contribution in [0.3, 0.4) is 0 Å². The van der Waals surface area contributed by atoms with Crippen LogP contribution in [-0.2, 0) is 4.79 Å². The van der Waals surface area contributed by atoms with Crippen LogP contribution in [0.15, 0.2) is 12.2 Å². The summed E-state index contributed by atoms with van der Waals surface area (Å²) >= 11 is 0. The van der Waals surface area contributed by atoms with Gasteiger partial charge in [-0.1, -0.05) is 39.1 Å². The number of halogens is 3. The molecule has 0 aromatic heterocycles. The number of hydrogen-bond donors (Lipinski definition) is 1. The molecule has 0 spiro atoms. The van der Waals surface area contributed by atoms with Gasteiger partial charge in [0, 0.05) is 14.6 Å². The second-order valence-corrected chi connectivity index (χ2v) is 13.2. The van der Waals surface area contributed by atoms with E-state index in [1.807, 2.05) is 5.32 Å². The molecule has 6 heteroatoms. The molecule has 21 heavy (non-hydrogen) atoms. The third-order valence-electron chi connectivity index (χ3n) is 3.08. The highest BCUT2D eigenvalue weighted by Crippen LogP contribution is 2.32. The highest BCUT2D eigenvalue weighted by Gasteiger charge is 2.38. The zero-order valence-electron chi connectivity index (χ0n) is 13.8. The van der Waals surface area contributed by atoms with Gasteiger partial charge in [-0.05, 0) is 30.7 Å². The van der Waals surface area contributed by atoms with Crippen molar-refractivity contribution in [2.45, 2.75) is 65.0 Å². The fourth-order valence-electron chi connectivity index (χ4n) is 2.45. The first-order valence-electron chi connectivity index (χ1n) is 7.25. The quantitative estimate of drug-likeness (QED) is 0.389. The SMILES string of the molecule is C=C(CC(C)(C)CCCNC(=O)C(F)(F)F)C[Si](C)(C)C. The molecule has 0 atom stereocenters. The summed E-state index contributed by atoms with van der Waals surface area (Å²) in [7, 11) is -1.18. The molecule has 124 valence electrons. The number of carbonyl (C=O) groups is 1. The number of hydrogen-bond acceptors (Lipinski definition) is 1. The van der Waals surface area contributed by atoms with Crippen molar-refractivity contribution in [1.29, 1.82) is 0 Å². The van der Waals surface area contributed by atoms with Gasteiger partial charge in [-0.2, -0.15) is 13.2 Å². The summed E-state index contributed by atoms with van der Waals surface area (Å²) in [6, 6.07) is 1.07. The van der Waals surface area contributed by atoms with Crippen molar-refractivity contribution in [1.82, 2.24) is 5.32 Å². The van der Waals surface area contributed by atoms with Crippen LogP contribution in [0.5, 0.6) is 0 Å². The Bertz CT molecular complexity index is 370. The summed E-state index contributed by atoms with van der Waals surface area (Å²) in [4.78, 5) is 10.7. The van der Waals surface area contributed by atoms with Crippen LogP contribution < -0.4 is 5.32 Å². The summed E-state index contributed by atoms with van der Waals surface area (Å²) in [5.74, 6) is -1.86. The lowest BCUT2D eigenvalue weighted by molar-refractivity contribution is -0.173. The highest BCUT2D eigenvalue weighted by atomic mass is 28.3. The Balaban J connectivity index is 4.09. The topological polar surface area (TPSA) is 29.1 Å². The lowest BCUT2D eigenvalue weighted by Gasteiger charge is -2.28. The number of amides is 1. The molecule has 0 heterocycles. The second kappa shape index (κ2) is 7.47. The van der Waals surface area contributed by atoms with Crippen molar-refractivity contribution in [2.75, 3.05) is 6.54 Å². The van der Waals surface area contributed by atoms with Gasteiger partial charge in [-0.3, -0.25) is 4.79 Å². The van der Waals surface area contributed by atoms with Crippen LogP contribution in [0.4, 0.5) is 13.2 Å². The molecule has 0 fully saturated rings. The van der Waals surface area contributed by atoms with Gasteiger partial charge in [-0.25, -0.2) is 0 Å². The summed E-state index contributed by atoms with van der Waals surface area (Å²) < 4.78 is 36.1. The number of allylic oxidation sites excluding steroid dienone is 1. The Morgan fingerprint density at radius 2 is 1.71 bits per heavy atom. The van der Waals surface area contributed by atoms with E-state index in [2.05, 4.69) is 40.1 Å². The Kier molecular flexibility index (Phi) is 7.19. The summed E-state index contributed by atoms with van der Waals surface area (Å²) in [6.07, 6.45) is -2.61. The minimum Gasteiger partial charge on any atom is -0.348 e. The first-order valence-corrected chi connectivity index (χ1v) is 11.0. The van der Waals surface area contributed by atoms with Crippen LogP contribution in [0.2, 0.25) is 25.7 Å². The van der Waals surface area contributed by atoms with Crippen molar-refractivity contribution in [3.8, 4) is 0 Å². The lowest BCUT2D eigenvalue weighted by Crippen LogP contribution is -2.37. The van der Waals surface area contributed by atoms with E-state index in [1.165, 1.54) is 5.57 Å². The van der Waals surface area contributed by atoms with E-state index in [1.54, 1.807) is 0 Å². The standard InChI is InChI=1S/C15H28F3NOSi/c1-12(11-21(4,5)6)10-14(2,3)8-7-9-19-13(20)15(16,17)18/h1,7-11H2,2-6H3,(H,19,20). The molecule has 0 aliphatic rings. The Labute approximate surface area is 127 Å². The summed E-state index contributed by atoms with van der Waals surface area (Å²) in [5.41, 5.74) is 1.22. The number of alkyl halides is 3. The highest BCUT2D eigenvalue weighted by molar-refractivity contribution is 6.76. The maximum absolute atomic E-state index is 12.0. The van der Waals surface area contributed by atoms with Crippen LogP contribution in [-0.4, -0.2) is 26.7 Å². The Morgan fingerprint density at radius 1 is 1.19 bits per heavy atom. The molecule has 0 aromatic rings. The van der Waals surface area contributed by atoms with Crippen molar-refractivity contribution in [3.05, 3.63) is 12.2 Å². The van der Waals surface area contributed by atoms with E-state index in [9.17, 15) is 18.0 Å². The van der Waals surface area contributed by atoms with Gasteiger partial charge in [0.2, 0.25) is 0 Å². The van der Waals surface area contributed by atoms with E-state index in [4.69, 9.17) is 0 Å². The molecule has 1 amide bonds. The van der Waals surface area contributed by atoms with Crippen molar-refractivity contribution >= 4 is 14.0 Å². The average molecular weight is 323 g/mol. The molecule has 0 saturated heterocycles. The molecule has 0 bridgehead atoms. The van der Waals surface area contributed by atoms with Gasteiger partial charge < -0.3 is 5.32 Å². The first-order chi connectivity index (χ1) is 9.23. The molecule has 0 saturated carbocycles. The first kappa shape index (κ1) is 20.2. The number of nitrogens with one attached hydrogen (secondary N) is 1. The molecule has 0 aliphatic carbocycles. The molecule has 1 N–H and O–H groups in total. The van der Waals surface area contributed by atoms with Gasteiger partial charge in [0.25, 0.3) is 0 Å². The minimum atomic E-state index is -4.79. The Morgan fingerprint density at radius 3 is 2.14 bits per heavy atom.